The highest BCUT2D eigenvalue weighted by Gasteiger charge is 2.21. The van der Waals surface area contributed by atoms with Crippen molar-refractivity contribution in [1.82, 2.24) is 20.0 Å². The topological polar surface area (TPSA) is 100 Å². The third-order valence-electron chi connectivity index (χ3n) is 4.17. The number of ether oxygens (including phenoxy) is 1. The zero-order valence-corrected chi connectivity index (χ0v) is 16.1. The molecule has 0 bridgehead atoms. The van der Waals surface area contributed by atoms with Crippen molar-refractivity contribution in [2.24, 2.45) is 0 Å². The van der Waals surface area contributed by atoms with Crippen LogP contribution >= 0.6 is 0 Å². The molecule has 0 N–H and O–H groups in total. The maximum Gasteiger partial charge on any atom is 0.359 e. The second-order valence-corrected chi connectivity index (χ2v) is 6.49. The summed E-state index contributed by atoms with van der Waals surface area (Å²) in [6.45, 7) is 6.09. The Morgan fingerprint density at radius 2 is 1.93 bits per heavy atom. The van der Waals surface area contributed by atoms with Crippen LogP contribution in [-0.4, -0.2) is 25.9 Å². The van der Waals surface area contributed by atoms with Gasteiger partial charge in [0.1, 0.15) is 0 Å². The van der Waals surface area contributed by atoms with Gasteiger partial charge in [0, 0.05) is 18.2 Å². The Morgan fingerprint density at radius 1 is 1.18 bits per heavy atom. The van der Waals surface area contributed by atoms with Crippen LogP contribution in [0.25, 0.3) is 11.5 Å². The number of carbonyl (C=O) groups is 1. The number of hydrogen-bond donors (Lipinski definition) is 0. The number of unbranched alkanes of at least 4 members (excludes halogenated alkanes) is 1. The predicted molar refractivity (Wildman–Crippen MR) is 102 cm³/mol. The van der Waals surface area contributed by atoms with Crippen LogP contribution in [-0.2, 0) is 11.3 Å². The van der Waals surface area contributed by atoms with Gasteiger partial charge < -0.3 is 9.15 Å². The smallest absolute Gasteiger partial charge is 0.359 e. The highest BCUT2D eigenvalue weighted by Crippen LogP contribution is 2.23. The molecule has 0 aliphatic carbocycles. The number of rotatable bonds is 7. The Morgan fingerprint density at radius 3 is 2.64 bits per heavy atom. The third-order valence-corrected chi connectivity index (χ3v) is 4.17. The lowest BCUT2D eigenvalue weighted by Crippen LogP contribution is -2.25. The van der Waals surface area contributed by atoms with E-state index in [1.165, 1.54) is 16.8 Å². The minimum Gasteiger partial charge on any atom is -0.448 e. The second-order valence-electron chi connectivity index (χ2n) is 6.49. The number of aromatic nitrogens is 4. The number of nitrogens with zero attached hydrogens (tertiary/aromatic N) is 4. The van der Waals surface area contributed by atoms with Gasteiger partial charge in [0.2, 0.25) is 5.89 Å². The molecule has 146 valence electrons. The van der Waals surface area contributed by atoms with Crippen molar-refractivity contribution in [3.63, 3.8) is 0 Å². The fourth-order valence-electron chi connectivity index (χ4n) is 2.51. The van der Waals surface area contributed by atoms with E-state index in [0.29, 0.717) is 12.4 Å². The molecule has 2 heterocycles. The van der Waals surface area contributed by atoms with E-state index in [1.807, 2.05) is 38.1 Å². The predicted octanol–water partition coefficient (Wildman–Crippen LogP) is 3.32. The minimum absolute atomic E-state index is 0.0563. The molecule has 1 atom stereocenters. The maximum atomic E-state index is 12.4. The molecule has 0 aliphatic rings. The normalized spacial score (nSPS) is 12.0. The first kappa shape index (κ1) is 19.5. The molecule has 8 heteroatoms. The zero-order chi connectivity index (χ0) is 20.1. The molecule has 0 amide bonds. The van der Waals surface area contributed by atoms with Crippen molar-refractivity contribution in [3.8, 4) is 11.5 Å². The molecule has 28 heavy (non-hydrogen) atoms. The van der Waals surface area contributed by atoms with Crippen LogP contribution in [0.2, 0.25) is 0 Å². The van der Waals surface area contributed by atoms with E-state index in [-0.39, 0.29) is 17.1 Å². The first-order valence-electron chi connectivity index (χ1n) is 9.17. The summed E-state index contributed by atoms with van der Waals surface area (Å²) in [6, 6.07) is 10.3. The van der Waals surface area contributed by atoms with Gasteiger partial charge in [-0.25, -0.2) is 9.48 Å². The molecule has 0 radical (unpaired) electrons. The molecule has 2 aromatic heterocycles. The van der Waals surface area contributed by atoms with Gasteiger partial charge in [-0.3, -0.25) is 4.79 Å². The van der Waals surface area contributed by atoms with Crippen LogP contribution < -0.4 is 5.56 Å². The molecular weight excluding hydrogens is 360 g/mol. The Bertz CT molecular complexity index is 1010. The average molecular weight is 382 g/mol. The molecule has 1 unspecified atom stereocenters. The van der Waals surface area contributed by atoms with E-state index in [1.54, 1.807) is 6.92 Å². The molecular formula is C20H22N4O4. The summed E-state index contributed by atoms with van der Waals surface area (Å²) >= 11 is 0. The monoisotopic (exact) mass is 382 g/mol. The Kier molecular flexibility index (Phi) is 5.98. The number of hydrogen-bond acceptors (Lipinski definition) is 7. The lowest BCUT2D eigenvalue weighted by Gasteiger charge is -2.10. The van der Waals surface area contributed by atoms with E-state index < -0.39 is 12.1 Å². The quantitative estimate of drug-likeness (QED) is 0.578. The Balaban J connectivity index is 1.71. The maximum absolute atomic E-state index is 12.4. The summed E-state index contributed by atoms with van der Waals surface area (Å²) in [6.07, 6.45) is 0.961. The standard InChI is InChI=1S/C20H22N4O4/c1-4-5-12-24-17(25)11-10-16(23-24)20(26)27-14(3)18-21-22-19(28-18)15-8-6-13(2)7-9-15/h6-11,14H,4-5,12H2,1-3H3. The summed E-state index contributed by atoms with van der Waals surface area (Å²) in [5.74, 6) is -0.125. The lowest BCUT2D eigenvalue weighted by atomic mass is 10.1. The summed E-state index contributed by atoms with van der Waals surface area (Å²) < 4.78 is 12.3. The van der Waals surface area contributed by atoms with Gasteiger partial charge in [0.25, 0.3) is 11.4 Å². The van der Waals surface area contributed by atoms with Gasteiger partial charge in [-0.2, -0.15) is 5.10 Å². The van der Waals surface area contributed by atoms with Crippen molar-refractivity contribution < 1.29 is 13.9 Å². The van der Waals surface area contributed by atoms with Gasteiger partial charge in [-0.05, 0) is 38.5 Å². The minimum atomic E-state index is -0.753. The van der Waals surface area contributed by atoms with E-state index in [9.17, 15) is 9.59 Å². The van der Waals surface area contributed by atoms with Crippen molar-refractivity contribution in [1.29, 1.82) is 0 Å². The molecule has 0 saturated heterocycles. The van der Waals surface area contributed by atoms with Gasteiger partial charge in [0.05, 0.1) is 0 Å². The van der Waals surface area contributed by atoms with E-state index in [0.717, 1.165) is 24.0 Å². The van der Waals surface area contributed by atoms with Crippen LogP contribution in [0.4, 0.5) is 0 Å². The fraction of sp³-hybridized carbons (Fsp3) is 0.350. The largest absolute Gasteiger partial charge is 0.448 e. The van der Waals surface area contributed by atoms with Gasteiger partial charge in [-0.15, -0.1) is 10.2 Å². The number of esters is 1. The van der Waals surface area contributed by atoms with Gasteiger partial charge in [-0.1, -0.05) is 31.0 Å². The number of benzene rings is 1. The zero-order valence-electron chi connectivity index (χ0n) is 16.1. The van der Waals surface area contributed by atoms with Crippen molar-refractivity contribution in [2.75, 3.05) is 0 Å². The Labute approximate surface area is 162 Å². The summed E-state index contributed by atoms with van der Waals surface area (Å²) in [5.41, 5.74) is 1.71. The lowest BCUT2D eigenvalue weighted by molar-refractivity contribution is 0.0269. The number of aryl methyl sites for hydroxylation is 2. The van der Waals surface area contributed by atoms with Gasteiger partial charge in [0.15, 0.2) is 11.8 Å². The van der Waals surface area contributed by atoms with Crippen LogP contribution in [0.1, 0.15) is 54.7 Å². The van der Waals surface area contributed by atoms with Crippen molar-refractivity contribution in [2.45, 2.75) is 46.3 Å². The molecule has 3 rings (SSSR count). The summed E-state index contributed by atoms with van der Waals surface area (Å²) in [5, 5.41) is 12.1. The van der Waals surface area contributed by atoms with Crippen LogP contribution in [0.15, 0.2) is 45.6 Å². The Hall–Kier alpha value is -3.29. The van der Waals surface area contributed by atoms with Crippen LogP contribution in [0, 0.1) is 6.92 Å². The summed E-state index contributed by atoms with van der Waals surface area (Å²) in [4.78, 5) is 24.2. The average Bonchev–Trinajstić information content (AvgIpc) is 3.18. The fourth-order valence-corrected chi connectivity index (χ4v) is 2.51. The SMILES string of the molecule is CCCCn1nc(C(=O)OC(C)c2nnc(-c3ccc(C)cc3)o2)ccc1=O. The molecule has 1 aromatic carbocycles. The molecule has 0 aliphatic heterocycles. The van der Waals surface area contributed by atoms with Crippen LogP contribution in [0.5, 0.6) is 0 Å². The van der Waals surface area contributed by atoms with Crippen LogP contribution in [0.3, 0.4) is 0 Å². The first-order valence-corrected chi connectivity index (χ1v) is 9.17. The highest BCUT2D eigenvalue weighted by atomic mass is 16.6. The third kappa shape index (κ3) is 4.51. The first-order chi connectivity index (χ1) is 13.5. The number of carbonyl (C=O) groups excluding carboxylic acids is 1. The second kappa shape index (κ2) is 8.60. The van der Waals surface area contributed by atoms with E-state index >= 15 is 0 Å². The summed E-state index contributed by atoms with van der Waals surface area (Å²) in [7, 11) is 0. The molecule has 0 saturated carbocycles. The van der Waals surface area contributed by atoms with Gasteiger partial charge >= 0.3 is 5.97 Å². The van der Waals surface area contributed by atoms with Crippen molar-refractivity contribution >= 4 is 5.97 Å². The highest BCUT2D eigenvalue weighted by molar-refractivity contribution is 5.87. The molecule has 0 spiro atoms. The molecule has 8 nitrogen and oxygen atoms in total. The molecule has 3 aromatic rings. The van der Waals surface area contributed by atoms with E-state index in [2.05, 4.69) is 15.3 Å². The van der Waals surface area contributed by atoms with Crippen molar-refractivity contribution in [3.05, 3.63) is 63.9 Å². The van der Waals surface area contributed by atoms with E-state index in [4.69, 9.17) is 9.15 Å². The molecule has 0 fully saturated rings.